The van der Waals surface area contributed by atoms with Crippen molar-refractivity contribution in [3.63, 3.8) is 0 Å². The van der Waals surface area contributed by atoms with Crippen LogP contribution in [0.3, 0.4) is 0 Å². The molecule has 1 saturated heterocycles. The van der Waals surface area contributed by atoms with Crippen LogP contribution >= 0.6 is 22.9 Å². The second kappa shape index (κ2) is 10.8. The molecule has 1 atom stereocenters. The van der Waals surface area contributed by atoms with Crippen molar-refractivity contribution >= 4 is 34.6 Å². The molecule has 0 N–H and O–H groups in total. The van der Waals surface area contributed by atoms with Crippen molar-refractivity contribution in [3.05, 3.63) is 92.6 Å². The predicted octanol–water partition coefficient (Wildman–Crippen LogP) is 5.93. The Labute approximate surface area is 244 Å². The van der Waals surface area contributed by atoms with Crippen molar-refractivity contribution in [2.45, 2.75) is 45.1 Å². The van der Waals surface area contributed by atoms with Gasteiger partial charge >= 0.3 is 0 Å². The first kappa shape index (κ1) is 27.2. The number of piperidine rings is 1. The number of hydrogen-bond donors (Lipinski definition) is 0. The van der Waals surface area contributed by atoms with Crippen LogP contribution in [0.25, 0.3) is 5.00 Å². The maximum absolute atomic E-state index is 14.1. The lowest BCUT2D eigenvalue weighted by molar-refractivity contribution is -0.142. The Bertz CT molecular complexity index is 1720. The number of thiophene rings is 1. The van der Waals surface area contributed by atoms with Gasteiger partial charge in [0.15, 0.2) is 5.82 Å². The summed E-state index contributed by atoms with van der Waals surface area (Å²) in [5.41, 5.74) is 3.89. The van der Waals surface area contributed by atoms with E-state index < -0.39 is 18.5 Å². The van der Waals surface area contributed by atoms with Crippen LogP contribution in [0, 0.1) is 25.7 Å². The number of alkyl halides is 2. The highest BCUT2D eigenvalue weighted by Gasteiger charge is 2.39. The third-order valence-electron chi connectivity index (χ3n) is 7.20. The van der Waals surface area contributed by atoms with E-state index >= 15 is 0 Å². The van der Waals surface area contributed by atoms with E-state index in [-0.39, 0.29) is 25.2 Å². The Kier molecular flexibility index (Phi) is 7.18. The number of nitrogens with zero attached hydrogens (tertiary/aromatic N) is 6. The molecule has 3 aromatic heterocycles. The molecule has 11 heteroatoms. The number of benzene rings is 1. The van der Waals surface area contributed by atoms with Gasteiger partial charge in [-0.2, -0.15) is 0 Å². The number of aryl methyl sites for hydroxylation is 1. The highest BCUT2D eigenvalue weighted by Crippen LogP contribution is 2.40. The fourth-order valence-corrected chi connectivity index (χ4v) is 6.52. The van der Waals surface area contributed by atoms with Gasteiger partial charge in [-0.1, -0.05) is 29.8 Å². The van der Waals surface area contributed by atoms with Gasteiger partial charge in [-0.3, -0.25) is 14.4 Å². The molecule has 7 nitrogen and oxygen atoms in total. The van der Waals surface area contributed by atoms with Gasteiger partial charge in [-0.15, -0.1) is 21.5 Å². The van der Waals surface area contributed by atoms with Crippen LogP contribution in [-0.4, -0.2) is 55.3 Å². The van der Waals surface area contributed by atoms with Crippen LogP contribution in [0.1, 0.15) is 64.2 Å². The standard InChI is InChI=1S/C30H25ClF2N6OS/c1-18-24(12-11-22-6-3-4-14-34-22)41-29-26(18)27(20-7-9-21(31)10-8-20)35-23(28-37-36-19(2)39(28)29)16-25(40)38-15-5-13-30(32,33)17-38/h3-4,6-10,14,23H,5,13,15-17H2,1-2H3/t23-/m0/s1. The summed E-state index contributed by atoms with van der Waals surface area (Å²) in [6.07, 6.45) is 1.64. The first-order valence-corrected chi connectivity index (χ1v) is 14.4. The summed E-state index contributed by atoms with van der Waals surface area (Å²) in [5, 5.41) is 10.2. The lowest BCUT2D eigenvalue weighted by Gasteiger charge is -2.33. The third-order valence-corrected chi connectivity index (χ3v) is 8.65. The lowest BCUT2D eigenvalue weighted by atomic mass is 9.99. The third kappa shape index (κ3) is 5.39. The molecule has 6 rings (SSSR count). The van der Waals surface area contributed by atoms with Gasteiger partial charge in [0.2, 0.25) is 5.91 Å². The van der Waals surface area contributed by atoms with Crippen LogP contribution in [0.15, 0.2) is 53.7 Å². The van der Waals surface area contributed by atoms with Crippen molar-refractivity contribution in [2.24, 2.45) is 4.99 Å². The first-order valence-electron chi connectivity index (χ1n) is 13.2. The summed E-state index contributed by atoms with van der Waals surface area (Å²) in [6.45, 7) is 3.55. The summed E-state index contributed by atoms with van der Waals surface area (Å²) < 4.78 is 30.2. The molecule has 1 fully saturated rings. The van der Waals surface area contributed by atoms with Crippen molar-refractivity contribution in [1.29, 1.82) is 0 Å². The average molecular weight is 591 g/mol. The number of likely N-dealkylation sites (tertiary alicyclic amines) is 1. The predicted molar refractivity (Wildman–Crippen MR) is 154 cm³/mol. The van der Waals surface area contributed by atoms with Crippen LogP contribution < -0.4 is 0 Å². The van der Waals surface area contributed by atoms with Crippen LogP contribution in [0.2, 0.25) is 5.02 Å². The maximum Gasteiger partial charge on any atom is 0.265 e. The Morgan fingerprint density at radius 2 is 1.95 bits per heavy atom. The normalized spacial score (nSPS) is 17.5. The van der Waals surface area contributed by atoms with Crippen molar-refractivity contribution < 1.29 is 13.6 Å². The molecular weight excluding hydrogens is 566 g/mol. The highest BCUT2D eigenvalue weighted by molar-refractivity contribution is 7.15. The number of carbonyl (C=O) groups excluding carboxylic acids is 1. The largest absolute Gasteiger partial charge is 0.337 e. The minimum Gasteiger partial charge on any atom is -0.337 e. The summed E-state index contributed by atoms with van der Waals surface area (Å²) >= 11 is 7.69. The first-order chi connectivity index (χ1) is 19.7. The van der Waals surface area contributed by atoms with E-state index in [1.807, 2.05) is 48.7 Å². The Morgan fingerprint density at radius 3 is 2.68 bits per heavy atom. The quantitative estimate of drug-likeness (QED) is 0.277. The fourth-order valence-electron chi connectivity index (χ4n) is 5.17. The maximum atomic E-state index is 14.1. The van der Waals surface area contributed by atoms with E-state index in [1.54, 1.807) is 18.3 Å². The van der Waals surface area contributed by atoms with E-state index in [4.69, 9.17) is 16.6 Å². The number of fused-ring (bicyclic) bond motifs is 3. The Morgan fingerprint density at radius 1 is 1.15 bits per heavy atom. The minimum atomic E-state index is -2.89. The van der Waals surface area contributed by atoms with Crippen LogP contribution in [0.4, 0.5) is 8.78 Å². The number of amides is 1. The van der Waals surface area contributed by atoms with E-state index in [9.17, 15) is 13.6 Å². The number of rotatable bonds is 3. The lowest BCUT2D eigenvalue weighted by Crippen LogP contribution is -2.46. The van der Waals surface area contributed by atoms with Crippen LogP contribution in [0.5, 0.6) is 0 Å². The molecule has 0 unspecified atom stereocenters. The monoisotopic (exact) mass is 590 g/mol. The summed E-state index contributed by atoms with van der Waals surface area (Å²) in [5.74, 6) is 4.24. The second-order valence-corrected chi connectivity index (χ2v) is 11.6. The van der Waals surface area contributed by atoms with Gasteiger partial charge in [0.1, 0.15) is 22.6 Å². The molecule has 208 valence electrons. The smallest absolute Gasteiger partial charge is 0.265 e. The molecule has 1 amide bonds. The Balaban J connectivity index is 1.48. The summed E-state index contributed by atoms with van der Waals surface area (Å²) in [4.78, 5) is 24.8. The van der Waals surface area contributed by atoms with Crippen molar-refractivity contribution in [1.82, 2.24) is 24.6 Å². The van der Waals surface area contributed by atoms with E-state index in [1.165, 1.54) is 16.2 Å². The van der Waals surface area contributed by atoms with Gasteiger partial charge in [0.25, 0.3) is 5.92 Å². The minimum absolute atomic E-state index is 0.106. The topological polar surface area (TPSA) is 76.3 Å². The molecule has 41 heavy (non-hydrogen) atoms. The fraction of sp³-hybridized carbons (Fsp3) is 0.300. The zero-order chi connectivity index (χ0) is 28.7. The highest BCUT2D eigenvalue weighted by atomic mass is 35.5. The number of pyridine rings is 1. The second-order valence-electron chi connectivity index (χ2n) is 10.1. The van der Waals surface area contributed by atoms with E-state index in [0.29, 0.717) is 34.6 Å². The molecular formula is C30H25ClF2N6OS. The molecule has 5 heterocycles. The van der Waals surface area contributed by atoms with E-state index in [2.05, 4.69) is 27.0 Å². The Hall–Kier alpha value is -3.94. The van der Waals surface area contributed by atoms with Crippen LogP contribution in [-0.2, 0) is 4.79 Å². The number of hydrogen-bond acceptors (Lipinski definition) is 6. The SMILES string of the molecule is Cc1c(C#Cc2ccccn2)sc2c1C(c1ccc(Cl)cc1)=N[C@@H](CC(=O)N1CCCC(F)(F)C1)c1nnc(C)n1-2. The molecule has 4 aromatic rings. The van der Waals surface area contributed by atoms with Crippen molar-refractivity contribution in [2.75, 3.05) is 13.1 Å². The zero-order valence-corrected chi connectivity index (χ0v) is 23.9. The van der Waals surface area contributed by atoms with Gasteiger partial charge in [-0.25, -0.2) is 13.8 Å². The van der Waals surface area contributed by atoms with Gasteiger partial charge < -0.3 is 4.90 Å². The van der Waals surface area contributed by atoms with Crippen molar-refractivity contribution in [3.8, 4) is 16.8 Å². The molecule has 2 aliphatic heterocycles. The summed E-state index contributed by atoms with van der Waals surface area (Å²) in [6, 6.07) is 12.2. The number of halogens is 3. The molecule has 1 aromatic carbocycles. The molecule has 0 bridgehead atoms. The summed E-state index contributed by atoms with van der Waals surface area (Å²) in [7, 11) is 0. The van der Waals surface area contributed by atoms with Gasteiger partial charge in [-0.05, 0) is 61.9 Å². The van der Waals surface area contributed by atoms with Gasteiger partial charge in [0.05, 0.1) is 23.6 Å². The molecule has 2 aliphatic rings. The number of carbonyl (C=O) groups is 1. The molecule has 0 radical (unpaired) electrons. The molecule has 0 spiro atoms. The van der Waals surface area contributed by atoms with E-state index in [0.717, 1.165) is 26.6 Å². The number of aliphatic imine (C=N–C) groups is 1. The molecule has 0 saturated carbocycles. The molecule has 0 aliphatic carbocycles. The zero-order valence-electron chi connectivity index (χ0n) is 22.4. The average Bonchev–Trinajstić information content (AvgIpc) is 3.45. The number of aromatic nitrogens is 4. The van der Waals surface area contributed by atoms with Gasteiger partial charge in [0, 0.05) is 35.3 Å².